The number of aliphatic hydroxyl groups is 1. The van der Waals surface area contributed by atoms with Gasteiger partial charge in [-0.1, -0.05) is 12.1 Å². The van der Waals surface area contributed by atoms with E-state index in [1.807, 2.05) is 0 Å². The molecule has 96 valence electrons. The number of hydrogen-bond donors (Lipinski definition) is 2. The van der Waals surface area contributed by atoms with Gasteiger partial charge < -0.3 is 15.2 Å². The van der Waals surface area contributed by atoms with Gasteiger partial charge in [-0.2, -0.15) is 0 Å². The van der Waals surface area contributed by atoms with Gasteiger partial charge in [0.05, 0.1) is 19.3 Å². The van der Waals surface area contributed by atoms with Crippen molar-refractivity contribution in [2.24, 2.45) is 0 Å². The molecule has 1 aromatic carbocycles. The Balaban J connectivity index is 2.75. The summed E-state index contributed by atoms with van der Waals surface area (Å²) >= 11 is 0. The third-order valence-corrected chi connectivity index (χ3v) is 2.52. The molecule has 0 aliphatic heterocycles. The van der Waals surface area contributed by atoms with E-state index in [4.69, 9.17) is 9.84 Å². The van der Waals surface area contributed by atoms with Crippen LogP contribution in [0.3, 0.4) is 0 Å². The summed E-state index contributed by atoms with van der Waals surface area (Å²) in [5.41, 5.74) is 0.236. The summed E-state index contributed by atoms with van der Waals surface area (Å²) in [6, 6.07) is 3.33. The summed E-state index contributed by atoms with van der Waals surface area (Å²) in [4.78, 5) is 0. The molecule has 0 fully saturated rings. The third-order valence-electron chi connectivity index (χ3n) is 2.52. The van der Waals surface area contributed by atoms with Crippen molar-refractivity contribution >= 4 is 0 Å². The normalized spacial score (nSPS) is 14.6. The maximum absolute atomic E-state index is 13.5. The molecule has 0 aromatic heterocycles. The van der Waals surface area contributed by atoms with Crippen LogP contribution in [-0.4, -0.2) is 31.5 Å². The molecule has 0 bridgehead atoms. The van der Waals surface area contributed by atoms with Crippen LogP contribution in [0.1, 0.15) is 18.5 Å². The van der Waals surface area contributed by atoms with E-state index < -0.39 is 17.7 Å². The van der Waals surface area contributed by atoms with Crippen molar-refractivity contribution in [3.05, 3.63) is 35.4 Å². The van der Waals surface area contributed by atoms with E-state index in [9.17, 15) is 8.78 Å². The van der Waals surface area contributed by atoms with Gasteiger partial charge in [-0.3, -0.25) is 0 Å². The van der Waals surface area contributed by atoms with E-state index in [0.717, 1.165) is 6.07 Å². The quantitative estimate of drug-likeness (QED) is 0.800. The van der Waals surface area contributed by atoms with Gasteiger partial charge in [0.25, 0.3) is 0 Å². The second-order valence-electron chi connectivity index (χ2n) is 3.87. The number of methoxy groups -OCH3 is 1. The Morgan fingerprint density at radius 3 is 2.71 bits per heavy atom. The van der Waals surface area contributed by atoms with Crippen LogP contribution in [0.2, 0.25) is 0 Å². The summed E-state index contributed by atoms with van der Waals surface area (Å²) in [7, 11) is 1.51. The maximum Gasteiger partial charge on any atom is 0.163 e. The van der Waals surface area contributed by atoms with Crippen LogP contribution in [0, 0.1) is 11.6 Å². The number of rotatable bonds is 6. The minimum absolute atomic E-state index is 0.130. The van der Waals surface area contributed by atoms with Crippen molar-refractivity contribution in [2.75, 3.05) is 20.3 Å². The average Bonchev–Trinajstić information content (AvgIpc) is 2.31. The monoisotopic (exact) mass is 245 g/mol. The molecule has 0 saturated carbocycles. The van der Waals surface area contributed by atoms with Crippen LogP contribution >= 0.6 is 0 Å². The smallest absolute Gasteiger partial charge is 0.163 e. The molecule has 2 unspecified atom stereocenters. The number of ether oxygens (including phenoxy) is 1. The summed E-state index contributed by atoms with van der Waals surface area (Å²) in [6.45, 7) is 1.88. The van der Waals surface area contributed by atoms with Crippen molar-refractivity contribution in [1.82, 2.24) is 5.32 Å². The lowest BCUT2D eigenvalue weighted by Crippen LogP contribution is -2.38. The first-order valence-corrected chi connectivity index (χ1v) is 5.40. The molecule has 0 heterocycles. The highest BCUT2D eigenvalue weighted by Gasteiger charge is 2.17. The molecule has 3 nitrogen and oxygen atoms in total. The van der Waals surface area contributed by atoms with Gasteiger partial charge in [0.15, 0.2) is 11.6 Å². The van der Waals surface area contributed by atoms with Crippen molar-refractivity contribution in [2.45, 2.75) is 19.0 Å². The molecular formula is C12H17F2NO2. The molecule has 2 atom stereocenters. The van der Waals surface area contributed by atoms with Crippen LogP contribution in [0.4, 0.5) is 8.78 Å². The van der Waals surface area contributed by atoms with Crippen LogP contribution in [0.15, 0.2) is 18.2 Å². The SMILES string of the molecule is COCC(CO)NC(C)c1cccc(F)c1F. The summed E-state index contributed by atoms with van der Waals surface area (Å²) in [6.07, 6.45) is 0. The lowest BCUT2D eigenvalue weighted by molar-refractivity contribution is 0.123. The highest BCUT2D eigenvalue weighted by Crippen LogP contribution is 2.19. The van der Waals surface area contributed by atoms with Gasteiger partial charge in [0, 0.05) is 18.7 Å². The van der Waals surface area contributed by atoms with Gasteiger partial charge in [-0.05, 0) is 13.0 Å². The molecule has 0 aliphatic rings. The molecule has 17 heavy (non-hydrogen) atoms. The fourth-order valence-corrected chi connectivity index (χ4v) is 1.65. The van der Waals surface area contributed by atoms with Crippen molar-refractivity contribution in [3.63, 3.8) is 0 Å². The van der Waals surface area contributed by atoms with Gasteiger partial charge >= 0.3 is 0 Å². The van der Waals surface area contributed by atoms with Crippen molar-refractivity contribution in [3.8, 4) is 0 Å². The van der Waals surface area contributed by atoms with Crippen molar-refractivity contribution < 1.29 is 18.6 Å². The summed E-state index contributed by atoms with van der Waals surface area (Å²) in [5, 5.41) is 12.0. The number of hydrogen-bond acceptors (Lipinski definition) is 3. The molecule has 1 aromatic rings. The highest BCUT2D eigenvalue weighted by molar-refractivity contribution is 5.22. The number of benzene rings is 1. The number of aliphatic hydroxyl groups excluding tert-OH is 1. The zero-order valence-electron chi connectivity index (χ0n) is 9.91. The van der Waals surface area contributed by atoms with E-state index >= 15 is 0 Å². The van der Waals surface area contributed by atoms with E-state index in [-0.39, 0.29) is 18.2 Å². The second-order valence-corrected chi connectivity index (χ2v) is 3.87. The molecule has 0 amide bonds. The molecule has 0 saturated heterocycles. The van der Waals surface area contributed by atoms with Crippen LogP contribution in [0.5, 0.6) is 0 Å². The lowest BCUT2D eigenvalue weighted by Gasteiger charge is -2.21. The minimum Gasteiger partial charge on any atom is -0.395 e. The Morgan fingerprint density at radius 2 is 2.12 bits per heavy atom. The zero-order chi connectivity index (χ0) is 12.8. The fraction of sp³-hybridized carbons (Fsp3) is 0.500. The average molecular weight is 245 g/mol. The van der Waals surface area contributed by atoms with Gasteiger partial charge in [-0.15, -0.1) is 0 Å². The Bertz CT molecular complexity index is 360. The molecule has 5 heteroatoms. The predicted octanol–water partition coefficient (Wildman–Crippen LogP) is 1.62. The van der Waals surface area contributed by atoms with E-state index in [1.54, 1.807) is 6.92 Å². The zero-order valence-corrected chi connectivity index (χ0v) is 9.91. The topological polar surface area (TPSA) is 41.5 Å². The lowest BCUT2D eigenvalue weighted by atomic mass is 10.1. The number of nitrogens with one attached hydrogen (secondary N) is 1. The highest BCUT2D eigenvalue weighted by atomic mass is 19.2. The standard InChI is InChI=1S/C12H17F2NO2/c1-8(15-9(6-16)7-17-2)10-4-3-5-11(13)12(10)14/h3-5,8-9,15-16H,6-7H2,1-2H3. The Morgan fingerprint density at radius 1 is 1.41 bits per heavy atom. The fourth-order valence-electron chi connectivity index (χ4n) is 1.65. The van der Waals surface area contributed by atoms with Gasteiger partial charge in [0.2, 0.25) is 0 Å². The maximum atomic E-state index is 13.5. The Labute approximate surface area is 99.4 Å². The second kappa shape index (κ2) is 6.64. The molecule has 2 N–H and O–H groups in total. The van der Waals surface area contributed by atoms with E-state index in [0.29, 0.717) is 6.61 Å². The molecule has 0 radical (unpaired) electrons. The van der Waals surface area contributed by atoms with E-state index in [2.05, 4.69) is 5.32 Å². The molecule has 0 aliphatic carbocycles. The molecular weight excluding hydrogens is 228 g/mol. The van der Waals surface area contributed by atoms with Crippen molar-refractivity contribution in [1.29, 1.82) is 0 Å². The predicted molar refractivity (Wildman–Crippen MR) is 60.7 cm³/mol. The Kier molecular flexibility index (Phi) is 5.47. The first-order valence-electron chi connectivity index (χ1n) is 5.40. The van der Waals surface area contributed by atoms with Gasteiger partial charge in [-0.25, -0.2) is 8.78 Å². The molecule has 0 spiro atoms. The van der Waals surface area contributed by atoms with E-state index in [1.165, 1.54) is 19.2 Å². The van der Waals surface area contributed by atoms with Gasteiger partial charge in [0.1, 0.15) is 0 Å². The van der Waals surface area contributed by atoms with Crippen LogP contribution in [0.25, 0.3) is 0 Å². The first-order chi connectivity index (χ1) is 8.10. The summed E-state index contributed by atoms with van der Waals surface area (Å²) in [5.74, 6) is -1.73. The largest absolute Gasteiger partial charge is 0.395 e. The summed E-state index contributed by atoms with van der Waals surface area (Å²) < 4.78 is 31.4. The van der Waals surface area contributed by atoms with Crippen LogP contribution < -0.4 is 5.32 Å². The minimum atomic E-state index is -0.872. The Hall–Kier alpha value is -1.04. The third kappa shape index (κ3) is 3.73. The first kappa shape index (κ1) is 14.0. The van der Waals surface area contributed by atoms with Crippen LogP contribution in [-0.2, 0) is 4.74 Å². The number of halogens is 2. The molecule has 1 rings (SSSR count).